The number of fused-ring (bicyclic) bond motifs is 1. The molecule has 130 valence electrons. The lowest BCUT2D eigenvalue weighted by Gasteiger charge is -2.14. The van der Waals surface area contributed by atoms with Gasteiger partial charge in [0, 0.05) is 17.8 Å². The molecule has 6 nitrogen and oxygen atoms in total. The molecule has 2 aromatic rings. The summed E-state index contributed by atoms with van der Waals surface area (Å²) in [4.78, 5) is 24.0. The maximum absolute atomic E-state index is 12.5. The van der Waals surface area contributed by atoms with Crippen molar-refractivity contribution in [3.05, 3.63) is 45.4 Å². The molecule has 0 spiro atoms. The molecule has 0 aromatic carbocycles. The Labute approximate surface area is 134 Å². The van der Waals surface area contributed by atoms with Crippen molar-refractivity contribution in [2.24, 2.45) is 0 Å². The SMILES string of the molecule is CC(=O)c1cc(C)cn2c(=O)c(C)c(OS(=O)(=O)C(F)(F)F)cc12. The maximum atomic E-state index is 12.5. The van der Waals surface area contributed by atoms with E-state index < -0.39 is 32.7 Å². The Morgan fingerprint density at radius 2 is 1.79 bits per heavy atom. The normalized spacial score (nSPS) is 12.4. The van der Waals surface area contributed by atoms with E-state index in [-0.39, 0.29) is 16.6 Å². The maximum Gasteiger partial charge on any atom is 0.534 e. The first-order valence-corrected chi connectivity index (χ1v) is 7.94. The van der Waals surface area contributed by atoms with E-state index in [2.05, 4.69) is 4.18 Å². The number of nitrogens with zero attached hydrogens (tertiary/aromatic N) is 1. The Balaban J connectivity index is 2.82. The smallest absolute Gasteiger partial charge is 0.375 e. The molecule has 0 aliphatic rings. The fourth-order valence-corrected chi connectivity index (χ4v) is 2.61. The molecule has 0 fully saturated rings. The van der Waals surface area contributed by atoms with Gasteiger partial charge in [-0.3, -0.25) is 14.0 Å². The van der Waals surface area contributed by atoms with Crippen LogP contribution in [0.15, 0.2) is 23.1 Å². The summed E-state index contributed by atoms with van der Waals surface area (Å²) in [6.45, 7) is 3.98. The fourth-order valence-electron chi connectivity index (χ4n) is 2.11. The van der Waals surface area contributed by atoms with Gasteiger partial charge >= 0.3 is 15.6 Å². The minimum Gasteiger partial charge on any atom is -0.375 e. The van der Waals surface area contributed by atoms with E-state index in [1.807, 2.05) is 0 Å². The van der Waals surface area contributed by atoms with Gasteiger partial charge in [0.1, 0.15) is 0 Å². The van der Waals surface area contributed by atoms with E-state index in [9.17, 15) is 31.2 Å². The van der Waals surface area contributed by atoms with Crippen molar-refractivity contribution in [2.75, 3.05) is 0 Å². The van der Waals surface area contributed by atoms with Crippen LogP contribution >= 0.6 is 0 Å². The number of hydrogen-bond acceptors (Lipinski definition) is 5. The third-order valence-electron chi connectivity index (χ3n) is 3.28. The van der Waals surface area contributed by atoms with Crippen LogP contribution in [0.2, 0.25) is 0 Å². The highest BCUT2D eigenvalue weighted by molar-refractivity contribution is 7.88. The Bertz CT molecular complexity index is 1010. The molecule has 24 heavy (non-hydrogen) atoms. The standard InChI is InChI=1S/C14H12F3NO5S/c1-7-4-10(9(3)19)11-5-12(8(2)13(20)18(11)6-7)23-24(21,22)14(15,16)17/h4-6H,1-3H3. The molecule has 2 heterocycles. The summed E-state index contributed by atoms with van der Waals surface area (Å²) in [5, 5.41) is 0. The van der Waals surface area contributed by atoms with Crippen LogP contribution in [-0.2, 0) is 10.1 Å². The predicted molar refractivity (Wildman–Crippen MR) is 78.7 cm³/mol. The number of Topliss-reactive ketones (excluding diaryl/α,β-unsaturated/α-hetero) is 1. The van der Waals surface area contributed by atoms with Crippen LogP contribution in [-0.4, -0.2) is 24.1 Å². The predicted octanol–water partition coefficient (Wildman–Crippen LogP) is 2.35. The molecular formula is C14H12F3NO5S. The van der Waals surface area contributed by atoms with Gasteiger partial charge in [-0.2, -0.15) is 21.6 Å². The molecule has 2 aromatic heterocycles. The van der Waals surface area contributed by atoms with Crippen molar-refractivity contribution in [3.63, 3.8) is 0 Å². The number of alkyl halides is 3. The molecule has 0 aliphatic heterocycles. The topological polar surface area (TPSA) is 81.9 Å². The zero-order valence-corrected chi connectivity index (χ0v) is 13.6. The van der Waals surface area contributed by atoms with E-state index in [4.69, 9.17) is 0 Å². The second-order valence-corrected chi connectivity index (χ2v) is 6.70. The summed E-state index contributed by atoms with van der Waals surface area (Å²) >= 11 is 0. The van der Waals surface area contributed by atoms with Crippen LogP contribution in [0.1, 0.15) is 28.4 Å². The number of rotatable bonds is 3. The first kappa shape index (κ1) is 18.0. The highest BCUT2D eigenvalue weighted by Crippen LogP contribution is 2.29. The first-order valence-electron chi connectivity index (χ1n) is 6.53. The molecule has 0 N–H and O–H groups in total. The van der Waals surface area contributed by atoms with Gasteiger partial charge in [0.05, 0.1) is 11.1 Å². The third-order valence-corrected chi connectivity index (χ3v) is 4.25. The van der Waals surface area contributed by atoms with Crippen molar-refractivity contribution in [1.82, 2.24) is 4.40 Å². The number of carbonyl (C=O) groups is 1. The Morgan fingerprint density at radius 1 is 1.21 bits per heavy atom. The number of halogens is 3. The second kappa shape index (κ2) is 5.62. The first-order chi connectivity index (χ1) is 10.8. The zero-order chi connectivity index (χ0) is 18.4. The quantitative estimate of drug-likeness (QED) is 0.475. The van der Waals surface area contributed by atoms with Crippen LogP contribution in [0.25, 0.3) is 5.52 Å². The minimum atomic E-state index is -5.93. The van der Waals surface area contributed by atoms with Crippen LogP contribution in [0, 0.1) is 13.8 Å². The Kier molecular flexibility index (Phi) is 4.21. The Hall–Kier alpha value is -2.36. The largest absolute Gasteiger partial charge is 0.534 e. The highest BCUT2D eigenvalue weighted by Gasteiger charge is 2.48. The van der Waals surface area contributed by atoms with E-state index >= 15 is 0 Å². The van der Waals surface area contributed by atoms with Crippen molar-refractivity contribution in [3.8, 4) is 5.75 Å². The number of carbonyl (C=O) groups excluding carboxylic acids is 1. The number of ketones is 1. The molecule has 0 unspecified atom stereocenters. The lowest BCUT2D eigenvalue weighted by molar-refractivity contribution is -0.0500. The number of aromatic nitrogens is 1. The summed E-state index contributed by atoms with van der Waals surface area (Å²) in [6.07, 6.45) is 1.39. The summed E-state index contributed by atoms with van der Waals surface area (Å²) in [7, 11) is -5.93. The van der Waals surface area contributed by atoms with Gasteiger partial charge in [-0.05, 0) is 32.4 Å². The second-order valence-electron chi connectivity index (χ2n) is 5.16. The highest BCUT2D eigenvalue weighted by atomic mass is 32.2. The van der Waals surface area contributed by atoms with E-state index in [1.54, 1.807) is 6.92 Å². The zero-order valence-electron chi connectivity index (χ0n) is 12.8. The third kappa shape index (κ3) is 3.01. The fraction of sp³-hybridized carbons (Fsp3) is 0.286. The summed E-state index contributed by atoms with van der Waals surface area (Å²) in [5.41, 5.74) is -6.17. The summed E-state index contributed by atoms with van der Waals surface area (Å²) in [5.74, 6) is -1.22. The van der Waals surface area contributed by atoms with Crippen molar-refractivity contribution >= 4 is 21.4 Å². The van der Waals surface area contributed by atoms with Gasteiger partial charge < -0.3 is 4.18 Å². The Morgan fingerprint density at radius 3 is 2.29 bits per heavy atom. The van der Waals surface area contributed by atoms with Crippen molar-refractivity contribution in [1.29, 1.82) is 0 Å². The molecule has 0 atom stereocenters. The number of aryl methyl sites for hydroxylation is 1. The van der Waals surface area contributed by atoms with E-state index in [1.165, 1.54) is 19.2 Å². The lowest BCUT2D eigenvalue weighted by Crippen LogP contribution is -2.29. The molecule has 0 saturated carbocycles. The van der Waals surface area contributed by atoms with Gasteiger partial charge in [0.25, 0.3) is 5.56 Å². The lowest BCUT2D eigenvalue weighted by atomic mass is 10.1. The molecule has 0 amide bonds. The molecule has 0 bridgehead atoms. The van der Waals surface area contributed by atoms with Gasteiger partial charge in [0.2, 0.25) is 0 Å². The van der Waals surface area contributed by atoms with Crippen LogP contribution in [0.5, 0.6) is 5.75 Å². The van der Waals surface area contributed by atoms with Gasteiger partial charge in [0.15, 0.2) is 11.5 Å². The van der Waals surface area contributed by atoms with Gasteiger partial charge in [-0.1, -0.05) is 0 Å². The molecular weight excluding hydrogens is 351 g/mol. The molecule has 0 radical (unpaired) electrons. The average Bonchev–Trinajstić information content (AvgIpc) is 2.43. The molecule has 2 rings (SSSR count). The minimum absolute atomic E-state index is 0.0453. The van der Waals surface area contributed by atoms with Crippen LogP contribution < -0.4 is 9.74 Å². The molecule has 10 heteroatoms. The number of hydrogen-bond donors (Lipinski definition) is 0. The van der Waals surface area contributed by atoms with Crippen LogP contribution in [0.4, 0.5) is 13.2 Å². The van der Waals surface area contributed by atoms with Crippen molar-refractivity contribution < 1.29 is 30.6 Å². The van der Waals surface area contributed by atoms with E-state index in [0.29, 0.717) is 5.56 Å². The molecule has 0 saturated heterocycles. The molecule has 0 aliphatic carbocycles. The van der Waals surface area contributed by atoms with Crippen LogP contribution in [0.3, 0.4) is 0 Å². The van der Waals surface area contributed by atoms with Gasteiger partial charge in [-0.25, -0.2) is 0 Å². The monoisotopic (exact) mass is 363 g/mol. The average molecular weight is 363 g/mol. The van der Waals surface area contributed by atoms with E-state index in [0.717, 1.165) is 17.4 Å². The van der Waals surface area contributed by atoms with Crippen molar-refractivity contribution in [2.45, 2.75) is 26.3 Å². The van der Waals surface area contributed by atoms with Gasteiger partial charge in [-0.15, -0.1) is 0 Å². The number of pyridine rings is 2. The summed E-state index contributed by atoms with van der Waals surface area (Å²) in [6, 6.07) is 2.37. The summed E-state index contributed by atoms with van der Waals surface area (Å²) < 4.78 is 64.9.